The Hall–Kier alpha value is -2.73. The van der Waals surface area contributed by atoms with Crippen molar-refractivity contribution in [2.45, 2.75) is 32.9 Å². The van der Waals surface area contributed by atoms with E-state index in [1.54, 1.807) is 16.8 Å². The Bertz CT molecular complexity index is 826. The summed E-state index contributed by atoms with van der Waals surface area (Å²) in [6.07, 6.45) is 0. The summed E-state index contributed by atoms with van der Waals surface area (Å²) < 4.78 is 0. The predicted molar refractivity (Wildman–Crippen MR) is 127 cm³/mol. The number of carbonyl (C=O) groups is 1. The molecule has 0 bridgehead atoms. The lowest BCUT2D eigenvalue weighted by Gasteiger charge is -2.37. The van der Waals surface area contributed by atoms with Crippen molar-refractivity contribution in [1.29, 1.82) is 0 Å². The Kier molecular flexibility index (Phi) is 6.87. The normalized spacial score (nSPS) is 16.2. The molecule has 30 heavy (non-hydrogen) atoms. The topological polar surface area (TPSA) is 56.0 Å². The number of aryl methyl sites for hydroxylation is 1. The number of urea groups is 1. The molecule has 2 atom stereocenters. The van der Waals surface area contributed by atoms with E-state index < -0.39 is 0 Å². The van der Waals surface area contributed by atoms with Gasteiger partial charge in [0, 0.05) is 69.4 Å². The molecule has 6 nitrogen and oxygen atoms in total. The highest BCUT2D eigenvalue weighted by molar-refractivity contribution is 5.91. The van der Waals surface area contributed by atoms with Gasteiger partial charge < -0.3 is 20.4 Å². The highest BCUT2D eigenvalue weighted by Gasteiger charge is 2.23. The highest BCUT2D eigenvalue weighted by atomic mass is 16.2. The van der Waals surface area contributed by atoms with Crippen molar-refractivity contribution in [3.8, 4) is 0 Å². The molecule has 0 radical (unpaired) electrons. The van der Waals surface area contributed by atoms with Gasteiger partial charge >= 0.3 is 6.03 Å². The molecule has 2 aromatic rings. The molecule has 2 N–H and O–H groups in total. The van der Waals surface area contributed by atoms with Crippen molar-refractivity contribution in [2.24, 2.45) is 5.73 Å². The van der Waals surface area contributed by atoms with Crippen LogP contribution in [-0.4, -0.2) is 63.3 Å². The lowest BCUT2D eigenvalue weighted by molar-refractivity contribution is 0.195. The minimum absolute atomic E-state index is 0.0240. The molecule has 0 aromatic heterocycles. The van der Waals surface area contributed by atoms with Crippen molar-refractivity contribution < 1.29 is 4.79 Å². The van der Waals surface area contributed by atoms with E-state index in [0.29, 0.717) is 0 Å². The quantitative estimate of drug-likeness (QED) is 0.821. The van der Waals surface area contributed by atoms with Crippen molar-refractivity contribution in [3.63, 3.8) is 0 Å². The Morgan fingerprint density at radius 3 is 1.73 bits per heavy atom. The Morgan fingerprint density at radius 2 is 1.30 bits per heavy atom. The van der Waals surface area contributed by atoms with Gasteiger partial charge in [0.05, 0.1) is 0 Å². The Morgan fingerprint density at radius 1 is 0.867 bits per heavy atom. The van der Waals surface area contributed by atoms with Crippen molar-refractivity contribution in [1.82, 2.24) is 4.90 Å². The van der Waals surface area contributed by atoms with Gasteiger partial charge in [-0.15, -0.1) is 0 Å². The van der Waals surface area contributed by atoms with E-state index in [-0.39, 0.29) is 18.1 Å². The summed E-state index contributed by atoms with van der Waals surface area (Å²) in [6, 6.07) is 16.8. The molecule has 2 amide bonds. The first-order valence-corrected chi connectivity index (χ1v) is 10.7. The first-order valence-electron chi connectivity index (χ1n) is 10.7. The number of piperazine rings is 1. The lowest BCUT2D eigenvalue weighted by Crippen LogP contribution is -2.49. The van der Waals surface area contributed by atoms with Gasteiger partial charge in [-0.25, -0.2) is 4.79 Å². The second kappa shape index (κ2) is 9.39. The number of hydrogen-bond donors (Lipinski definition) is 1. The average Bonchev–Trinajstić information content (AvgIpc) is 2.77. The van der Waals surface area contributed by atoms with Crippen LogP contribution in [0.1, 0.15) is 19.4 Å². The molecule has 1 fully saturated rings. The third-order valence-corrected chi connectivity index (χ3v) is 6.24. The van der Waals surface area contributed by atoms with Gasteiger partial charge in [0.1, 0.15) is 0 Å². The van der Waals surface area contributed by atoms with Crippen LogP contribution >= 0.6 is 0 Å². The predicted octanol–water partition coefficient (Wildman–Crippen LogP) is 3.55. The molecule has 2 aromatic carbocycles. The van der Waals surface area contributed by atoms with E-state index in [9.17, 15) is 4.79 Å². The van der Waals surface area contributed by atoms with E-state index >= 15 is 0 Å². The standard InChI is InChI=1S/C24H35N5O/c1-18-6-8-22(9-7-18)28-14-16-29(17-15-28)23-12-10-21(11-13-23)27(5)24(30)26(4)20(3)19(2)25/h6-13,19-20H,14-17,25H2,1-5H3/t19-,20+/m1/s1. The average molecular weight is 410 g/mol. The highest BCUT2D eigenvalue weighted by Crippen LogP contribution is 2.24. The first kappa shape index (κ1) is 22.0. The summed E-state index contributed by atoms with van der Waals surface area (Å²) in [4.78, 5) is 21.0. The summed E-state index contributed by atoms with van der Waals surface area (Å²) >= 11 is 0. The van der Waals surface area contributed by atoms with Gasteiger partial charge in [0.2, 0.25) is 0 Å². The number of carbonyl (C=O) groups excluding carboxylic acids is 1. The third kappa shape index (κ3) is 4.87. The number of benzene rings is 2. The van der Waals surface area contributed by atoms with Gasteiger partial charge in [0.15, 0.2) is 0 Å². The van der Waals surface area contributed by atoms with Crippen molar-refractivity contribution >= 4 is 23.1 Å². The van der Waals surface area contributed by atoms with Crippen LogP contribution in [0.5, 0.6) is 0 Å². The van der Waals surface area contributed by atoms with Crippen LogP contribution in [0, 0.1) is 6.92 Å². The van der Waals surface area contributed by atoms with Gasteiger partial charge in [-0.2, -0.15) is 0 Å². The second-order valence-corrected chi connectivity index (χ2v) is 8.38. The molecular weight excluding hydrogens is 374 g/mol. The Balaban J connectivity index is 1.59. The number of nitrogens with zero attached hydrogens (tertiary/aromatic N) is 4. The smallest absolute Gasteiger partial charge is 0.324 e. The summed E-state index contributed by atoms with van der Waals surface area (Å²) in [5.41, 5.74) is 10.6. The summed E-state index contributed by atoms with van der Waals surface area (Å²) in [5, 5.41) is 0. The maximum Gasteiger partial charge on any atom is 0.324 e. The number of anilines is 3. The number of likely N-dealkylation sites (N-methyl/N-ethyl adjacent to an activating group) is 1. The fourth-order valence-corrected chi connectivity index (χ4v) is 3.74. The third-order valence-electron chi connectivity index (χ3n) is 6.24. The summed E-state index contributed by atoms with van der Waals surface area (Å²) in [5.74, 6) is 0. The maximum atomic E-state index is 12.7. The first-order chi connectivity index (χ1) is 14.3. The molecule has 162 valence electrons. The molecule has 1 aliphatic heterocycles. The number of nitrogens with two attached hydrogens (primary N) is 1. The van der Waals surface area contributed by atoms with Crippen LogP contribution in [0.4, 0.5) is 21.9 Å². The van der Waals surface area contributed by atoms with Gasteiger partial charge in [0.25, 0.3) is 0 Å². The largest absolute Gasteiger partial charge is 0.368 e. The van der Waals surface area contributed by atoms with Crippen LogP contribution in [0.15, 0.2) is 48.5 Å². The van der Waals surface area contributed by atoms with Gasteiger partial charge in [-0.05, 0) is 57.2 Å². The Labute approximate surface area is 180 Å². The monoisotopic (exact) mass is 409 g/mol. The molecule has 1 aliphatic rings. The minimum atomic E-state index is -0.0756. The van der Waals surface area contributed by atoms with E-state index in [2.05, 4.69) is 53.1 Å². The second-order valence-electron chi connectivity index (χ2n) is 8.38. The maximum absolute atomic E-state index is 12.7. The fourth-order valence-electron chi connectivity index (χ4n) is 3.74. The molecule has 0 aliphatic carbocycles. The van der Waals surface area contributed by atoms with E-state index in [1.807, 2.05) is 33.0 Å². The van der Waals surface area contributed by atoms with Crippen LogP contribution < -0.4 is 20.4 Å². The lowest BCUT2D eigenvalue weighted by atomic mass is 10.1. The van der Waals surface area contributed by atoms with E-state index in [4.69, 9.17) is 5.73 Å². The van der Waals surface area contributed by atoms with Gasteiger partial charge in [-0.3, -0.25) is 4.90 Å². The molecule has 1 saturated heterocycles. The zero-order chi connectivity index (χ0) is 21.8. The SMILES string of the molecule is Cc1ccc(N2CCN(c3ccc(N(C)C(=O)N(C)[C@@H](C)[C@@H](C)N)cc3)CC2)cc1. The summed E-state index contributed by atoms with van der Waals surface area (Å²) in [6.45, 7) is 9.98. The molecule has 0 unspecified atom stereocenters. The van der Waals surface area contributed by atoms with Crippen LogP contribution in [-0.2, 0) is 0 Å². The number of rotatable bonds is 5. The number of amides is 2. The van der Waals surface area contributed by atoms with Crippen LogP contribution in [0.25, 0.3) is 0 Å². The molecular formula is C24H35N5O. The van der Waals surface area contributed by atoms with Crippen molar-refractivity contribution in [3.05, 3.63) is 54.1 Å². The minimum Gasteiger partial charge on any atom is -0.368 e. The summed E-state index contributed by atoms with van der Waals surface area (Å²) in [7, 11) is 3.61. The van der Waals surface area contributed by atoms with Crippen LogP contribution in [0.3, 0.4) is 0 Å². The zero-order valence-electron chi connectivity index (χ0n) is 18.9. The molecule has 3 rings (SSSR count). The number of hydrogen-bond acceptors (Lipinski definition) is 4. The molecule has 0 saturated carbocycles. The van der Waals surface area contributed by atoms with E-state index in [1.165, 1.54) is 16.9 Å². The zero-order valence-corrected chi connectivity index (χ0v) is 18.9. The fraction of sp³-hybridized carbons (Fsp3) is 0.458. The van der Waals surface area contributed by atoms with Crippen LogP contribution in [0.2, 0.25) is 0 Å². The van der Waals surface area contributed by atoms with Crippen molar-refractivity contribution in [2.75, 3.05) is 55.0 Å². The van der Waals surface area contributed by atoms with E-state index in [0.717, 1.165) is 31.9 Å². The molecule has 6 heteroatoms. The van der Waals surface area contributed by atoms with Gasteiger partial charge in [-0.1, -0.05) is 17.7 Å². The molecule has 1 heterocycles. The molecule has 0 spiro atoms.